The normalized spacial score (nSPS) is 10.7. The van der Waals surface area contributed by atoms with Crippen molar-refractivity contribution in [3.8, 4) is 5.75 Å². The van der Waals surface area contributed by atoms with Crippen LogP contribution in [0.5, 0.6) is 5.75 Å². The lowest BCUT2D eigenvalue weighted by Crippen LogP contribution is -2.17. The molecule has 5 heteroatoms. The number of aromatic nitrogens is 1. The lowest BCUT2D eigenvalue weighted by molar-refractivity contribution is 0.103. The Hall–Kier alpha value is -2.82. The fourth-order valence-electron chi connectivity index (χ4n) is 1.93. The van der Waals surface area contributed by atoms with Gasteiger partial charge in [0.25, 0.3) is 5.56 Å². The monoisotopic (exact) mass is 255 g/mol. The van der Waals surface area contributed by atoms with Gasteiger partial charge in [-0.2, -0.15) is 0 Å². The molecule has 0 fully saturated rings. The van der Waals surface area contributed by atoms with Gasteiger partial charge in [0.1, 0.15) is 12.0 Å². The van der Waals surface area contributed by atoms with Gasteiger partial charge in [-0.05, 0) is 18.2 Å². The van der Waals surface area contributed by atoms with E-state index in [-0.39, 0.29) is 11.3 Å². The van der Waals surface area contributed by atoms with Gasteiger partial charge in [-0.3, -0.25) is 9.59 Å². The number of ketones is 1. The summed E-state index contributed by atoms with van der Waals surface area (Å²) in [4.78, 5) is 26.5. The van der Waals surface area contributed by atoms with E-state index in [1.54, 1.807) is 12.1 Å². The summed E-state index contributed by atoms with van der Waals surface area (Å²) in [5, 5.41) is 10.2. The number of fused-ring (bicyclic) bond motifs is 1. The predicted molar refractivity (Wildman–Crippen MR) is 68.4 cm³/mol. The Morgan fingerprint density at radius 2 is 2.11 bits per heavy atom. The second-order valence-corrected chi connectivity index (χ2v) is 4.09. The SMILES string of the molecule is O=C(c1ccoc1)c1cc2cccc(O)c2[nH]c1=O. The van der Waals surface area contributed by atoms with Crippen LogP contribution in [0.1, 0.15) is 15.9 Å². The number of pyridine rings is 1. The van der Waals surface area contributed by atoms with E-state index in [2.05, 4.69) is 4.98 Å². The van der Waals surface area contributed by atoms with Crippen molar-refractivity contribution in [3.63, 3.8) is 0 Å². The highest BCUT2D eigenvalue weighted by Crippen LogP contribution is 2.21. The van der Waals surface area contributed by atoms with Gasteiger partial charge in [0.05, 0.1) is 22.9 Å². The summed E-state index contributed by atoms with van der Waals surface area (Å²) in [6.07, 6.45) is 2.66. The molecule has 0 saturated heterocycles. The molecule has 0 atom stereocenters. The highest BCUT2D eigenvalue weighted by molar-refractivity contribution is 6.10. The topological polar surface area (TPSA) is 83.3 Å². The van der Waals surface area contributed by atoms with E-state index < -0.39 is 11.3 Å². The van der Waals surface area contributed by atoms with Gasteiger partial charge < -0.3 is 14.5 Å². The fraction of sp³-hybridized carbons (Fsp3) is 0. The van der Waals surface area contributed by atoms with Gasteiger partial charge in [0.15, 0.2) is 0 Å². The number of hydrogen-bond donors (Lipinski definition) is 2. The molecule has 19 heavy (non-hydrogen) atoms. The minimum atomic E-state index is -0.541. The first-order valence-corrected chi connectivity index (χ1v) is 5.59. The maximum Gasteiger partial charge on any atom is 0.259 e. The van der Waals surface area contributed by atoms with Gasteiger partial charge >= 0.3 is 0 Å². The van der Waals surface area contributed by atoms with Crippen LogP contribution in [0, 0.1) is 0 Å². The molecule has 2 aromatic heterocycles. The summed E-state index contributed by atoms with van der Waals surface area (Å²) in [5.41, 5.74) is 0.0981. The van der Waals surface area contributed by atoms with Gasteiger partial charge in [-0.25, -0.2) is 0 Å². The van der Waals surface area contributed by atoms with Crippen molar-refractivity contribution in [2.24, 2.45) is 0 Å². The highest BCUT2D eigenvalue weighted by Gasteiger charge is 2.15. The fourth-order valence-corrected chi connectivity index (χ4v) is 1.93. The third-order valence-corrected chi connectivity index (χ3v) is 2.89. The Morgan fingerprint density at radius 1 is 1.26 bits per heavy atom. The predicted octanol–water partition coefficient (Wildman–Crippen LogP) is 2.06. The number of carbonyl (C=O) groups excluding carboxylic acids is 1. The molecule has 5 nitrogen and oxygen atoms in total. The van der Waals surface area contributed by atoms with Crippen molar-refractivity contribution in [2.45, 2.75) is 0 Å². The molecule has 0 bridgehead atoms. The van der Waals surface area contributed by atoms with E-state index in [0.717, 1.165) is 0 Å². The van der Waals surface area contributed by atoms with Crippen molar-refractivity contribution in [1.29, 1.82) is 0 Å². The van der Waals surface area contributed by atoms with Crippen LogP contribution >= 0.6 is 0 Å². The Balaban J connectivity index is 2.23. The summed E-state index contributed by atoms with van der Waals surface area (Å²) in [6.45, 7) is 0. The highest BCUT2D eigenvalue weighted by atomic mass is 16.3. The van der Waals surface area contributed by atoms with Crippen LogP contribution < -0.4 is 5.56 Å². The zero-order valence-electron chi connectivity index (χ0n) is 9.71. The number of hydrogen-bond acceptors (Lipinski definition) is 4. The van der Waals surface area contributed by atoms with Crippen LogP contribution in [0.25, 0.3) is 10.9 Å². The maximum atomic E-state index is 12.1. The molecular formula is C14H9NO4. The third kappa shape index (κ3) is 1.81. The van der Waals surface area contributed by atoms with Crippen LogP contribution in [-0.4, -0.2) is 15.9 Å². The molecule has 3 aromatic rings. The Kier molecular flexibility index (Phi) is 2.45. The minimum Gasteiger partial charge on any atom is -0.506 e. The lowest BCUT2D eigenvalue weighted by atomic mass is 10.1. The first kappa shape index (κ1) is 11.3. The standard InChI is InChI=1S/C14H9NO4/c16-11-3-1-2-8-6-10(14(18)15-12(8)11)13(17)9-4-5-19-7-9/h1-7,16H,(H,15,18). The van der Waals surface area contributed by atoms with Crippen LogP contribution in [-0.2, 0) is 0 Å². The van der Waals surface area contributed by atoms with E-state index in [9.17, 15) is 14.7 Å². The van der Waals surface area contributed by atoms with E-state index in [0.29, 0.717) is 16.5 Å². The average Bonchev–Trinajstić information content (AvgIpc) is 2.92. The number of aromatic amines is 1. The van der Waals surface area contributed by atoms with Gasteiger partial charge in [0, 0.05) is 5.39 Å². The lowest BCUT2D eigenvalue weighted by Gasteiger charge is -2.03. The number of nitrogens with one attached hydrogen (secondary N) is 1. The summed E-state index contributed by atoms with van der Waals surface area (Å²) in [5.74, 6) is -0.447. The number of H-pyrrole nitrogens is 1. The first-order valence-electron chi connectivity index (χ1n) is 5.59. The van der Waals surface area contributed by atoms with E-state index in [1.165, 1.54) is 30.7 Å². The number of aromatic hydroxyl groups is 1. The van der Waals surface area contributed by atoms with Crippen molar-refractivity contribution in [1.82, 2.24) is 4.98 Å². The number of furan rings is 1. The molecule has 94 valence electrons. The zero-order chi connectivity index (χ0) is 13.4. The molecule has 2 N–H and O–H groups in total. The molecule has 0 amide bonds. The zero-order valence-corrected chi connectivity index (χ0v) is 9.71. The van der Waals surface area contributed by atoms with Crippen molar-refractivity contribution in [2.75, 3.05) is 0 Å². The molecule has 0 saturated carbocycles. The summed E-state index contributed by atoms with van der Waals surface area (Å²) < 4.78 is 4.83. The molecule has 0 aliphatic carbocycles. The Labute approximate surface area is 107 Å². The minimum absolute atomic E-state index is 0.0134. The van der Waals surface area contributed by atoms with Gasteiger partial charge in [0.2, 0.25) is 5.78 Å². The number of rotatable bonds is 2. The van der Waals surface area contributed by atoms with Gasteiger partial charge in [-0.15, -0.1) is 0 Å². The van der Waals surface area contributed by atoms with Crippen LogP contribution in [0.3, 0.4) is 0 Å². The number of carbonyl (C=O) groups is 1. The van der Waals surface area contributed by atoms with Crippen molar-refractivity contribution >= 4 is 16.7 Å². The molecule has 0 unspecified atom stereocenters. The summed E-state index contributed by atoms with van der Waals surface area (Å²) in [6, 6.07) is 7.77. The van der Waals surface area contributed by atoms with Crippen molar-refractivity contribution < 1.29 is 14.3 Å². The van der Waals surface area contributed by atoms with Crippen LogP contribution in [0.2, 0.25) is 0 Å². The summed E-state index contributed by atoms with van der Waals surface area (Å²) in [7, 11) is 0. The number of benzene rings is 1. The second kappa shape index (κ2) is 4.13. The molecule has 0 spiro atoms. The average molecular weight is 255 g/mol. The second-order valence-electron chi connectivity index (χ2n) is 4.09. The largest absolute Gasteiger partial charge is 0.506 e. The number of phenolic OH excluding ortho intramolecular Hbond substituents is 1. The maximum absolute atomic E-state index is 12.1. The van der Waals surface area contributed by atoms with Crippen LogP contribution in [0.4, 0.5) is 0 Å². The smallest absolute Gasteiger partial charge is 0.259 e. The molecule has 1 aromatic carbocycles. The van der Waals surface area contributed by atoms with Gasteiger partial charge in [-0.1, -0.05) is 12.1 Å². The molecule has 0 radical (unpaired) electrons. The third-order valence-electron chi connectivity index (χ3n) is 2.89. The molecule has 3 rings (SSSR count). The van der Waals surface area contributed by atoms with E-state index in [4.69, 9.17) is 4.42 Å². The Bertz CT molecular complexity index is 815. The number of phenols is 1. The Morgan fingerprint density at radius 3 is 2.84 bits per heavy atom. The quantitative estimate of drug-likeness (QED) is 0.686. The molecular weight excluding hydrogens is 246 g/mol. The van der Waals surface area contributed by atoms with Crippen molar-refractivity contribution in [3.05, 3.63) is 64.3 Å². The molecule has 0 aliphatic heterocycles. The molecule has 2 heterocycles. The van der Waals surface area contributed by atoms with Crippen LogP contribution in [0.15, 0.2) is 52.1 Å². The van der Waals surface area contributed by atoms with E-state index >= 15 is 0 Å². The summed E-state index contributed by atoms with van der Waals surface area (Å²) >= 11 is 0. The molecule has 0 aliphatic rings. The first-order chi connectivity index (χ1) is 9.16. The van der Waals surface area contributed by atoms with E-state index in [1.807, 2.05) is 0 Å². The number of para-hydroxylation sites is 1.